The molecular weight excluding hydrogens is 172 g/mol. The second-order valence-corrected chi connectivity index (χ2v) is 2.56. The van der Waals surface area contributed by atoms with E-state index in [1.54, 1.807) is 7.05 Å². The summed E-state index contributed by atoms with van der Waals surface area (Å²) in [5.74, 6) is 0. The molecule has 0 unspecified atom stereocenters. The molecular formula is C8H18N2O3. The highest BCUT2D eigenvalue weighted by atomic mass is 16.7. The van der Waals surface area contributed by atoms with Crippen LogP contribution in [0.3, 0.4) is 0 Å². The van der Waals surface area contributed by atoms with E-state index in [4.69, 9.17) is 15.2 Å². The number of urea groups is 1. The van der Waals surface area contributed by atoms with Crippen LogP contribution in [-0.2, 0) is 9.47 Å². The lowest BCUT2D eigenvalue weighted by Crippen LogP contribution is -2.39. The number of amides is 2. The van der Waals surface area contributed by atoms with Gasteiger partial charge in [0.1, 0.15) is 0 Å². The second kappa shape index (κ2) is 6.68. The first-order valence-corrected chi connectivity index (χ1v) is 4.35. The van der Waals surface area contributed by atoms with Crippen molar-refractivity contribution in [1.29, 1.82) is 0 Å². The van der Waals surface area contributed by atoms with Crippen molar-refractivity contribution in [2.24, 2.45) is 5.73 Å². The van der Waals surface area contributed by atoms with Gasteiger partial charge in [-0.3, -0.25) is 0 Å². The maximum Gasteiger partial charge on any atom is 0.314 e. The highest BCUT2D eigenvalue weighted by molar-refractivity contribution is 5.71. The maximum absolute atomic E-state index is 10.7. The summed E-state index contributed by atoms with van der Waals surface area (Å²) in [6.45, 7) is 5.21. The number of rotatable bonds is 6. The standard InChI is InChI=1S/C8H18N2O3/c1-4-12-7(13-5-2)6-10(3)8(9)11/h7H,4-6H2,1-3H3,(H2,9,11). The predicted molar refractivity (Wildman–Crippen MR) is 49.3 cm³/mol. The van der Waals surface area contributed by atoms with Crippen molar-refractivity contribution in [2.75, 3.05) is 26.8 Å². The quantitative estimate of drug-likeness (QED) is 0.616. The monoisotopic (exact) mass is 190 g/mol. The van der Waals surface area contributed by atoms with E-state index in [1.165, 1.54) is 4.90 Å². The Kier molecular flexibility index (Phi) is 6.26. The smallest absolute Gasteiger partial charge is 0.314 e. The fourth-order valence-corrected chi connectivity index (χ4v) is 0.839. The van der Waals surface area contributed by atoms with E-state index in [1.807, 2.05) is 13.8 Å². The van der Waals surface area contributed by atoms with E-state index in [0.29, 0.717) is 19.8 Å². The summed E-state index contributed by atoms with van der Waals surface area (Å²) in [6, 6.07) is -0.482. The zero-order valence-corrected chi connectivity index (χ0v) is 8.45. The first-order valence-electron chi connectivity index (χ1n) is 4.35. The van der Waals surface area contributed by atoms with Crippen LogP contribution in [0.25, 0.3) is 0 Å². The molecule has 0 heterocycles. The van der Waals surface area contributed by atoms with E-state index in [2.05, 4.69) is 0 Å². The summed E-state index contributed by atoms with van der Waals surface area (Å²) in [4.78, 5) is 12.0. The molecule has 0 aliphatic heterocycles. The molecule has 0 atom stereocenters. The highest BCUT2D eigenvalue weighted by Gasteiger charge is 2.13. The number of nitrogens with zero attached hydrogens (tertiary/aromatic N) is 1. The molecule has 78 valence electrons. The van der Waals surface area contributed by atoms with Gasteiger partial charge in [-0.1, -0.05) is 0 Å². The Morgan fingerprint density at radius 3 is 2.15 bits per heavy atom. The molecule has 0 aliphatic carbocycles. The molecule has 0 aliphatic rings. The zero-order valence-electron chi connectivity index (χ0n) is 8.45. The number of likely N-dealkylation sites (N-methyl/N-ethyl adjacent to an activating group) is 1. The summed E-state index contributed by atoms with van der Waals surface area (Å²) in [7, 11) is 1.60. The molecule has 2 N–H and O–H groups in total. The molecule has 2 amide bonds. The number of carbonyl (C=O) groups excluding carboxylic acids is 1. The third-order valence-electron chi connectivity index (χ3n) is 1.50. The molecule has 13 heavy (non-hydrogen) atoms. The van der Waals surface area contributed by atoms with Gasteiger partial charge in [0.2, 0.25) is 0 Å². The van der Waals surface area contributed by atoms with Crippen molar-refractivity contribution in [3.05, 3.63) is 0 Å². The minimum absolute atomic E-state index is 0.358. The summed E-state index contributed by atoms with van der Waals surface area (Å²) in [5.41, 5.74) is 5.05. The summed E-state index contributed by atoms with van der Waals surface area (Å²) >= 11 is 0. The SMILES string of the molecule is CCOC(CN(C)C(N)=O)OCC. The van der Waals surface area contributed by atoms with E-state index in [-0.39, 0.29) is 6.29 Å². The van der Waals surface area contributed by atoms with Gasteiger partial charge >= 0.3 is 6.03 Å². The lowest BCUT2D eigenvalue weighted by atomic mass is 10.5. The van der Waals surface area contributed by atoms with Crippen LogP contribution in [-0.4, -0.2) is 44.0 Å². The van der Waals surface area contributed by atoms with Crippen molar-refractivity contribution in [3.63, 3.8) is 0 Å². The normalized spacial score (nSPS) is 10.5. The van der Waals surface area contributed by atoms with Crippen LogP contribution < -0.4 is 5.73 Å². The summed E-state index contributed by atoms with van der Waals surface area (Å²) < 4.78 is 10.5. The van der Waals surface area contributed by atoms with Crippen molar-refractivity contribution >= 4 is 6.03 Å². The molecule has 0 fully saturated rings. The minimum Gasteiger partial charge on any atom is -0.351 e. The van der Waals surface area contributed by atoms with Crippen LogP contribution in [0.4, 0.5) is 4.79 Å². The number of nitrogens with two attached hydrogens (primary N) is 1. The van der Waals surface area contributed by atoms with Crippen LogP contribution in [0.5, 0.6) is 0 Å². The number of hydrogen-bond acceptors (Lipinski definition) is 3. The Morgan fingerprint density at radius 2 is 1.85 bits per heavy atom. The van der Waals surface area contributed by atoms with Gasteiger partial charge in [-0.2, -0.15) is 0 Å². The molecule has 0 radical (unpaired) electrons. The van der Waals surface area contributed by atoms with E-state index in [9.17, 15) is 4.79 Å². The van der Waals surface area contributed by atoms with Gasteiger partial charge in [0.15, 0.2) is 6.29 Å². The van der Waals surface area contributed by atoms with E-state index in [0.717, 1.165) is 0 Å². The molecule has 0 aromatic carbocycles. The average molecular weight is 190 g/mol. The van der Waals surface area contributed by atoms with Gasteiger partial charge in [0, 0.05) is 20.3 Å². The number of carbonyl (C=O) groups is 1. The summed E-state index contributed by atoms with van der Waals surface area (Å²) in [5, 5.41) is 0. The Bertz CT molecular complexity index is 146. The average Bonchev–Trinajstić information content (AvgIpc) is 2.05. The van der Waals surface area contributed by atoms with E-state index >= 15 is 0 Å². The van der Waals surface area contributed by atoms with Gasteiger partial charge in [0.05, 0.1) is 6.54 Å². The number of hydrogen-bond donors (Lipinski definition) is 1. The Labute approximate surface area is 78.8 Å². The topological polar surface area (TPSA) is 64.8 Å². The van der Waals surface area contributed by atoms with Gasteiger partial charge < -0.3 is 20.1 Å². The molecule has 0 rings (SSSR count). The first-order chi connectivity index (χ1) is 6.11. The molecule has 0 saturated heterocycles. The Hall–Kier alpha value is -0.810. The second-order valence-electron chi connectivity index (χ2n) is 2.56. The van der Waals surface area contributed by atoms with Crippen molar-refractivity contribution < 1.29 is 14.3 Å². The van der Waals surface area contributed by atoms with Crippen LogP contribution in [0, 0.1) is 0 Å². The third kappa shape index (κ3) is 5.43. The van der Waals surface area contributed by atoms with Crippen LogP contribution in [0.1, 0.15) is 13.8 Å². The van der Waals surface area contributed by atoms with Crippen LogP contribution in [0.15, 0.2) is 0 Å². The molecule has 0 saturated carbocycles. The van der Waals surface area contributed by atoms with Crippen molar-refractivity contribution in [3.8, 4) is 0 Å². The van der Waals surface area contributed by atoms with Gasteiger partial charge in [0.25, 0.3) is 0 Å². The number of ether oxygens (including phenoxy) is 2. The first kappa shape index (κ1) is 12.2. The van der Waals surface area contributed by atoms with Gasteiger partial charge in [-0.15, -0.1) is 0 Å². The maximum atomic E-state index is 10.7. The van der Waals surface area contributed by atoms with E-state index < -0.39 is 6.03 Å². The molecule has 0 spiro atoms. The van der Waals surface area contributed by atoms with Gasteiger partial charge in [-0.25, -0.2) is 4.79 Å². The molecule has 0 aromatic heterocycles. The molecule has 5 heteroatoms. The highest BCUT2D eigenvalue weighted by Crippen LogP contribution is 1.97. The van der Waals surface area contributed by atoms with Gasteiger partial charge in [-0.05, 0) is 13.8 Å². The molecule has 0 bridgehead atoms. The lowest BCUT2D eigenvalue weighted by Gasteiger charge is -2.22. The van der Waals surface area contributed by atoms with Crippen molar-refractivity contribution in [2.45, 2.75) is 20.1 Å². The number of primary amides is 1. The Morgan fingerprint density at radius 1 is 1.38 bits per heavy atom. The Balaban J connectivity index is 3.85. The fourth-order valence-electron chi connectivity index (χ4n) is 0.839. The largest absolute Gasteiger partial charge is 0.351 e. The lowest BCUT2D eigenvalue weighted by molar-refractivity contribution is -0.141. The molecule has 0 aromatic rings. The van der Waals surface area contributed by atoms with Crippen LogP contribution in [0.2, 0.25) is 0 Å². The minimum atomic E-state index is -0.482. The van der Waals surface area contributed by atoms with Crippen LogP contribution >= 0.6 is 0 Å². The summed E-state index contributed by atoms with van der Waals surface area (Å²) in [6.07, 6.45) is -0.382. The molecule has 5 nitrogen and oxygen atoms in total. The zero-order chi connectivity index (χ0) is 10.3. The van der Waals surface area contributed by atoms with Crippen molar-refractivity contribution in [1.82, 2.24) is 4.90 Å². The predicted octanol–water partition coefficient (Wildman–Crippen LogP) is 0.396. The fraction of sp³-hybridized carbons (Fsp3) is 0.875. The third-order valence-corrected chi connectivity index (χ3v) is 1.50.